The van der Waals surface area contributed by atoms with Crippen LogP contribution >= 0.6 is 0 Å². The van der Waals surface area contributed by atoms with E-state index in [9.17, 15) is 14.4 Å². The lowest BCUT2D eigenvalue weighted by molar-refractivity contribution is -0.116. The standard InChI is InChI=1S/C15H15N5O3/c1-19-9-10(8-16-19)17-13(21)6-7-20-15(23)12-5-3-2-4-11(12)14(22)18-20/h2-5,8-9H,6-7H2,1H3,(H,17,21)(H,18,22). The van der Waals surface area contributed by atoms with Gasteiger partial charge in [0.2, 0.25) is 5.91 Å². The first-order valence-electron chi connectivity index (χ1n) is 7.05. The van der Waals surface area contributed by atoms with E-state index < -0.39 is 0 Å². The van der Waals surface area contributed by atoms with Crippen LogP contribution in [0.5, 0.6) is 0 Å². The minimum atomic E-state index is -0.354. The van der Waals surface area contributed by atoms with Crippen LogP contribution in [-0.2, 0) is 18.4 Å². The zero-order valence-electron chi connectivity index (χ0n) is 12.4. The van der Waals surface area contributed by atoms with Crippen molar-refractivity contribution < 1.29 is 4.79 Å². The normalized spacial score (nSPS) is 10.8. The fourth-order valence-electron chi connectivity index (χ4n) is 2.33. The molecule has 1 amide bonds. The quantitative estimate of drug-likeness (QED) is 0.730. The van der Waals surface area contributed by atoms with Crippen molar-refractivity contribution in [1.82, 2.24) is 19.6 Å². The second kappa shape index (κ2) is 5.91. The van der Waals surface area contributed by atoms with Crippen LogP contribution in [0.15, 0.2) is 46.2 Å². The van der Waals surface area contributed by atoms with E-state index in [-0.39, 0.29) is 30.0 Å². The Balaban J connectivity index is 1.77. The predicted octanol–water partition coefficient (Wildman–Crippen LogP) is 0.452. The van der Waals surface area contributed by atoms with Crippen LogP contribution in [0.25, 0.3) is 10.8 Å². The van der Waals surface area contributed by atoms with Gasteiger partial charge in [0.25, 0.3) is 11.1 Å². The lowest BCUT2D eigenvalue weighted by atomic mass is 10.2. The number of benzene rings is 1. The van der Waals surface area contributed by atoms with E-state index in [1.807, 2.05) is 0 Å². The molecule has 0 unspecified atom stereocenters. The topological polar surface area (TPSA) is 102 Å². The molecule has 3 aromatic rings. The summed E-state index contributed by atoms with van der Waals surface area (Å²) in [6, 6.07) is 6.58. The third kappa shape index (κ3) is 3.05. The zero-order chi connectivity index (χ0) is 16.4. The molecule has 8 nitrogen and oxygen atoms in total. The van der Waals surface area contributed by atoms with Gasteiger partial charge in [-0.1, -0.05) is 12.1 Å². The average Bonchev–Trinajstić information content (AvgIpc) is 2.94. The summed E-state index contributed by atoms with van der Waals surface area (Å²) in [6.45, 7) is 0.0883. The van der Waals surface area contributed by atoms with Crippen molar-refractivity contribution in [2.24, 2.45) is 7.05 Å². The molecule has 0 aliphatic rings. The molecule has 0 spiro atoms. The highest BCUT2D eigenvalue weighted by Crippen LogP contribution is 2.05. The first kappa shape index (κ1) is 14.8. The molecular formula is C15H15N5O3. The molecule has 0 radical (unpaired) electrons. The Bertz CT molecular complexity index is 982. The van der Waals surface area contributed by atoms with Crippen LogP contribution in [0.4, 0.5) is 5.69 Å². The molecule has 0 atom stereocenters. The third-order valence-electron chi connectivity index (χ3n) is 3.43. The van der Waals surface area contributed by atoms with Gasteiger partial charge < -0.3 is 5.32 Å². The van der Waals surface area contributed by atoms with Crippen LogP contribution < -0.4 is 16.4 Å². The summed E-state index contributed by atoms with van der Waals surface area (Å²) in [5, 5.41) is 9.79. The summed E-state index contributed by atoms with van der Waals surface area (Å²) >= 11 is 0. The molecule has 2 heterocycles. The number of H-pyrrole nitrogens is 1. The van der Waals surface area contributed by atoms with Crippen LogP contribution in [0, 0.1) is 0 Å². The molecule has 0 bridgehead atoms. The predicted molar refractivity (Wildman–Crippen MR) is 85.3 cm³/mol. The van der Waals surface area contributed by atoms with Gasteiger partial charge in [-0.2, -0.15) is 5.10 Å². The number of aryl methyl sites for hydroxylation is 2. The molecule has 8 heteroatoms. The smallest absolute Gasteiger partial charge is 0.273 e. The summed E-state index contributed by atoms with van der Waals surface area (Å²) in [5.41, 5.74) is -0.0981. The lowest BCUT2D eigenvalue weighted by Crippen LogP contribution is -2.31. The molecule has 3 rings (SSSR count). The Morgan fingerprint density at radius 2 is 2.00 bits per heavy atom. The summed E-state index contributed by atoms with van der Waals surface area (Å²) in [5.74, 6) is -0.265. The highest BCUT2D eigenvalue weighted by atomic mass is 16.2. The Morgan fingerprint density at radius 3 is 2.70 bits per heavy atom. The molecule has 23 heavy (non-hydrogen) atoms. The van der Waals surface area contributed by atoms with E-state index >= 15 is 0 Å². The summed E-state index contributed by atoms with van der Waals surface area (Å²) in [7, 11) is 1.75. The van der Waals surface area contributed by atoms with Crippen LogP contribution in [0.1, 0.15) is 6.42 Å². The molecule has 0 saturated heterocycles. The number of hydrogen-bond acceptors (Lipinski definition) is 4. The van der Waals surface area contributed by atoms with Crippen molar-refractivity contribution in [3.05, 3.63) is 57.4 Å². The molecule has 0 fully saturated rings. The van der Waals surface area contributed by atoms with Gasteiger partial charge in [-0.25, -0.2) is 4.68 Å². The molecule has 0 saturated carbocycles. The number of aromatic amines is 1. The van der Waals surface area contributed by atoms with Gasteiger partial charge in [0.1, 0.15) is 0 Å². The zero-order valence-corrected chi connectivity index (χ0v) is 12.4. The van der Waals surface area contributed by atoms with Crippen LogP contribution in [0.3, 0.4) is 0 Å². The van der Waals surface area contributed by atoms with Crippen molar-refractivity contribution in [2.45, 2.75) is 13.0 Å². The van der Waals surface area contributed by atoms with Crippen molar-refractivity contribution in [3.63, 3.8) is 0 Å². The highest BCUT2D eigenvalue weighted by Gasteiger charge is 2.09. The van der Waals surface area contributed by atoms with Gasteiger partial charge in [0.15, 0.2) is 0 Å². The fraction of sp³-hybridized carbons (Fsp3) is 0.200. The maximum Gasteiger partial charge on any atom is 0.273 e. The van der Waals surface area contributed by atoms with Gasteiger partial charge in [-0.05, 0) is 12.1 Å². The second-order valence-electron chi connectivity index (χ2n) is 5.14. The molecule has 0 aliphatic heterocycles. The average molecular weight is 313 g/mol. The number of nitrogens with zero attached hydrogens (tertiary/aromatic N) is 3. The maximum absolute atomic E-state index is 12.3. The van der Waals surface area contributed by atoms with E-state index in [1.54, 1.807) is 42.2 Å². The summed E-state index contributed by atoms with van der Waals surface area (Å²) in [6.07, 6.45) is 3.26. The van der Waals surface area contributed by atoms with Crippen LogP contribution in [-0.4, -0.2) is 25.5 Å². The van der Waals surface area contributed by atoms with Crippen molar-refractivity contribution >= 4 is 22.4 Å². The van der Waals surface area contributed by atoms with E-state index in [4.69, 9.17) is 0 Å². The molecular weight excluding hydrogens is 298 g/mol. The number of hydrogen-bond donors (Lipinski definition) is 2. The van der Waals surface area contributed by atoms with Crippen LogP contribution in [0.2, 0.25) is 0 Å². The highest BCUT2D eigenvalue weighted by molar-refractivity contribution is 5.90. The van der Waals surface area contributed by atoms with Crippen molar-refractivity contribution in [3.8, 4) is 0 Å². The van der Waals surface area contributed by atoms with Gasteiger partial charge in [0, 0.05) is 19.7 Å². The van der Waals surface area contributed by atoms with E-state index in [2.05, 4.69) is 15.5 Å². The number of rotatable bonds is 4. The number of carbonyl (C=O) groups is 1. The number of nitrogens with one attached hydrogen (secondary N) is 2. The largest absolute Gasteiger partial charge is 0.323 e. The van der Waals surface area contributed by atoms with Crippen molar-refractivity contribution in [1.29, 1.82) is 0 Å². The fourth-order valence-corrected chi connectivity index (χ4v) is 2.33. The second-order valence-corrected chi connectivity index (χ2v) is 5.14. The number of aromatic nitrogens is 4. The third-order valence-corrected chi connectivity index (χ3v) is 3.43. The van der Waals surface area contributed by atoms with Crippen molar-refractivity contribution in [2.75, 3.05) is 5.32 Å². The molecule has 0 aliphatic carbocycles. The Hall–Kier alpha value is -3.16. The Kier molecular flexibility index (Phi) is 3.80. The number of carbonyl (C=O) groups excluding carboxylic acids is 1. The van der Waals surface area contributed by atoms with Gasteiger partial charge >= 0.3 is 0 Å². The Labute approximate surface area is 130 Å². The summed E-state index contributed by atoms with van der Waals surface area (Å²) in [4.78, 5) is 36.2. The number of anilines is 1. The van der Waals surface area contributed by atoms with E-state index in [0.29, 0.717) is 16.5 Å². The SMILES string of the molecule is Cn1cc(NC(=O)CCn2[nH]c(=O)c3ccccc3c2=O)cn1. The minimum absolute atomic E-state index is 0.0586. The van der Waals surface area contributed by atoms with Gasteiger partial charge in [-0.3, -0.25) is 24.2 Å². The minimum Gasteiger partial charge on any atom is -0.323 e. The van der Waals surface area contributed by atoms with E-state index in [1.165, 1.54) is 6.20 Å². The molecule has 118 valence electrons. The maximum atomic E-state index is 12.3. The first-order valence-corrected chi connectivity index (χ1v) is 7.05. The number of amides is 1. The molecule has 1 aromatic carbocycles. The monoisotopic (exact) mass is 313 g/mol. The first-order chi connectivity index (χ1) is 11.0. The molecule has 2 N–H and O–H groups in total. The summed E-state index contributed by atoms with van der Waals surface area (Å²) < 4.78 is 2.73. The molecule has 2 aromatic heterocycles. The number of fused-ring (bicyclic) bond motifs is 1. The Morgan fingerprint density at radius 1 is 1.26 bits per heavy atom. The van der Waals surface area contributed by atoms with Gasteiger partial charge in [-0.15, -0.1) is 0 Å². The lowest BCUT2D eigenvalue weighted by Gasteiger charge is -2.07. The van der Waals surface area contributed by atoms with Gasteiger partial charge in [0.05, 0.1) is 29.2 Å². The van der Waals surface area contributed by atoms with E-state index in [0.717, 1.165) is 4.68 Å².